The van der Waals surface area contributed by atoms with E-state index in [4.69, 9.17) is 9.26 Å². The van der Waals surface area contributed by atoms with E-state index < -0.39 is 9.84 Å². The first-order valence-electron chi connectivity index (χ1n) is 10.0. The van der Waals surface area contributed by atoms with Gasteiger partial charge in [0.1, 0.15) is 0 Å². The van der Waals surface area contributed by atoms with Gasteiger partial charge >= 0.3 is 6.01 Å². The van der Waals surface area contributed by atoms with E-state index in [0.29, 0.717) is 35.6 Å². The van der Waals surface area contributed by atoms with Crippen LogP contribution in [0.5, 0.6) is 0 Å². The van der Waals surface area contributed by atoms with Crippen LogP contribution < -0.4 is 4.90 Å². The van der Waals surface area contributed by atoms with Gasteiger partial charge in [-0.3, -0.25) is 4.99 Å². The van der Waals surface area contributed by atoms with Crippen LogP contribution in [0.4, 0.5) is 6.01 Å². The van der Waals surface area contributed by atoms with E-state index in [1.807, 2.05) is 6.92 Å². The first-order valence-corrected chi connectivity index (χ1v) is 11.9. The van der Waals surface area contributed by atoms with Crippen molar-refractivity contribution >= 4 is 21.6 Å². The number of aliphatic imine (C=N–C) groups is 1. The molecule has 2 aliphatic heterocycles. The number of allylic oxidation sites excluding steroid dienone is 1. The third-order valence-electron chi connectivity index (χ3n) is 5.32. The maximum Gasteiger partial charge on any atom is 0.324 e. The number of dihydropyridines is 1. The quantitative estimate of drug-likeness (QED) is 0.608. The minimum Gasteiger partial charge on any atom is -0.356 e. The molecule has 1 unspecified atom stereocenters. The Labute approximate surface area is 167 Å². The van der Waals surface area contributed by atoms with Crippen molar-refractivity contribution in [3.05, 3.63) is 16.8 Å². The largest absolute Gasteiger partial charge is 0.356 e. The standard InChI is InChI=1S/C19H30N4O4S/c1-4-17-21-19(27-22-17)23-11-9-15(10-12-23)6-5-13-26-18-8-7-16(14(2)20-18)28(3,24)25/h7,15,18H,4-6,8-13H2,1-3H3. The molecule has 0 amide bonds. The summed E-state index contributed by atoms with van der Waals surface area (Å²) in [6.45, 7) is 6.28. The maximum absolute atomic E-state index is 11.7. The second kappa shape index (κ2) is 9.17. The highest BCUT2D eigenvalue weighted by atomic mass is 32.2. The molecule has 0 aromatic carbocycles. The summed E-state index contributed by atoms with van der Waals surface area (Å²) < 4.78 is 34.5. The molecule has 8 nitrogen and oxygen atoms in total. The normalized spacial score (nSPS) is 21.5. The average Bonchev–Trinajstić information content (AvgIpc) is 3.14. The lowest BCUT2D eigenvalue weighted by atomic mass is 9.92. The monoisotopic (exact) mass is 410 g/mol. The van der Waals surface area contributed by atoms with E-state index in [2.05, 4.69) is 20.0 Å². The number of piperidine rings is 1. The van der Waals surface area contributed by atoms with Crippen LogP contribution in [0, 0.1) is 5.92 Å². The van der Waals surface area contributed by atoms with Crippen LogP contribution in [0.15, 0.2) is 20.5 Å². The van der Waals surface area contributed by atoms with Crippen molar-refractivity contribution in [2.24, 2.45) is 10.9 Å². The van der Waals surface area contributed by atoms with Crippen molar-refractivity contribution in [3.8, 4) is 0 Å². The van der Waals surface area contributed by atoms with E-state index in [0.717, 1.165) is 51.0 Å². The predicted molar refractivity (Wildman–Crippen MR) is 108 cm³/mol. The summed E-state index contributed by atoms with van der Waals surface area (Å²) in [6, 6.07) is 0.644. The minimum atomic E-state index is -3.21. The van der Waals surface area contributed by atoms with Gasteiger partial charge in [-0.15, -0.1) is 0 Å². The van der Waals surface area contributed by atoms with E-state index in [1.165, 1.54) is 6.26 Å². The number of aryl methyl sites for hydroxylation is 1. The molecule has 156 valence electrons. The van der Waals surface area contributed by atoms with Gasteiger partial charge in [0.05, 0.1) is 10.6 Å². The number of aromatic nitrogens is 2. The van der Waals surface area contributed by atoms with Gasteiger partial charge in [-0.1, -0.05) is 18.2 Å². The molecule has 3 rings (SSSR count). The van der Waals surface area contributed by atoms with Gasteiger partial charge in [-0.05, 0) is 38.5 Å². The van der Waals surface area contributed by atoms with E-state index in [1.54, 1.807) is 13.0 Å². The van der Waals surface area contributed by atoms with Gasteiger partial charge in [0.15, 0.2) is 21.9 Å². The van der Waals surface area contributed by atoms with Crippen molar-refractivity contribution in [2.75, 3.05) is 30.9 Å². The third-order valence-corrected chi connectivity index (χ3v) is 6.59. The molecule has 0 saturated carbocycles. The van der Waals surface area contributed by atoms with E-state index in [9.17, 15) is 8.42 Å². The molecule has 0 bridgehead atoms. The summed E-state index contributed by atoms with van der Waals surface area (Å²) in [4.78, 5) is 11.3. The highest BCUT2D eigenvalue weighted by Crippen LogP contribution is 2.25. The first-order chi connectivity index (χ1) is 13.4. The predicted octanol–water partition coefficient (Wildman–Crippen LogP) is 2.76. The van der Waals surface area contributed by atoms with E-state index >= 15 is 0 Å². The lowest BCUT2D eigenvalue weighted by Crippen LogP contribution is -2.34. The molecule has 2 aliphatic rings. The van der Waals surface area contributed by atoms with Crippen molar-refractivity contribution in [2.45, 2.75) is 58.6 Å². The minimum absolute atomic E-state index is 0.266. The van der Waals surface area contributed by atoms with Crippen LogP contribution in [0.1, 0.15) is 51.8 Å². The molecular formula is C19H30N4O4S. The number of hydrogen-bond acceptors (Lipinski definition) is 8. The Morgan fingerprint density at radius 1 is 1.32 bits per heavy atom. The number of rotatable bonds is 8. The molecule has 0 N–H and O–H groups in total. The van der Waals surface area contributed by atoms with Crippen LogP contribution in [0.25, 0.3) is 0 Å². The zero-order valence-electron chi connectivity index (χ0n) is 16.9. The van der Waals surface area contributed by atoms with Crippen LogP contribution in [0.3, 0.4) is 0 Å². The second-order valence-corrected chi connectivity index (χ2v) is 9.52. The fourth-order valence-corrected chi connectivity index (χ4v) is 4.72. The van der Waals surface area contributed by atoms with Gasteiger partial charge in [0.25, 0.3) is 0 Å². The Bertz CT molecular complexity index is 823. The Balaban J connectivity index is 1.34. The molecule has 1 saturated heterocycles. The summed E-state index contributed by atoms with van der Waals surface area (Å²) in [7, 11) is -3.21. The fourth-order valence-electron chi connectivity index (χ4n) is 3.73. The summed E-state index contributed by atoms with van der Waals surface area (Å²) >= 11 is 0. The summed E-state index contributed by atoms with van der Waals surface area (Å²) in [5, 5.41) is 3.96. The molecule has 28 heavy (non-hydrogen) atoms. The van der Waals surface area contributed by atoms with Crippen molar-refractivity contribution in [3.63, 3.8) is 0 Å². The van der Waals surface area contributed by atoms with Crippen molar-refractivity contribution in [1.29, 1.82) is 0 Å². The molecule has 0 spiro atoms. The van der Waals surface area contributed by atoms with Crippen molar-refractivity contribution in [1.82, 2.24) is 10.1 Å². The smallest absolute Gasteiger partial charge is 0.324 e. The molecular weight excluding hydrogens is 380 g/mol. The Kier molecular flexibility index (Phi) is 6.87. The van der Waals surface area contributed by atoms with Gasteiger partial charge < -0.3 is 14.2 Å². The zero-order chi connectivity index (χ0) is 20.1. The third kappa shape index (κ3) is 5.41. The van der Waals surface area contributed by atoms with Crippen LogP contribution >= 0.6 is 0 Å². The van der Waals surface area contributed by atoms with Gasteiger partial charge in [0.2, 0.25) is 0 Å². The highest BCUT2D eigenvalue weighted by molar-refractivity contribution is 7.95. The molecule has 9 heteroatoms. The lowest BCUT2D eigenvalue weighted by Gasteiger charge is -2.30. The highest BCUT2D eigenvalue weighted by Gasteiger charge is 2.24. The molecule has 0 aliphatic carbocycles. The molecule has 0 radical (unpaired) electrons. The summed E-state index contributed by atoms with van der Waals surface area (Å²) in [5.74, 6) is 1.44. The lowest BCUT2D eigenvalue weighted by molar-refractivity contribution is 0.0556. The molecule has 3 heterocycles. The topological polar surface area (TPSA) is 97.9 Å². The maximum atomic E-state index is 11.7. The van der Waals surface area contributed by atoms with Crippen LogP contribution in [-0.4, -0.2) is 56.5 Å². The number of sulfone groups is 1. The van der Waals surface area contributed by atoms with Crippen LogP contribution in [-0.2, 0) is 21.0 Å². The average molecular weight is 411 g/mol. The summed E-state index contributed by atoms with van der Waals surface area (Å²) in [5.41, 5.74) is 0.540. The first kappa shape index (κ1) is 21.0. The molecule has 1 fully saturated rings. The molecule has 1 aromatic rings. The van der Waals surface area contributed by atoms with Crippen molar-refractivity contribution < 1.29 is 17.7 Å². The number of anilines is 1. The molecule has 1 aromatic heterocycles. The van der Waals surface area contributed by atoms with Crippen LogP contribution in [0.2, 0.25) is 0 Å². The van der Waals surface area contributed by atoms with E-state index in [-0.39, 0.29) is 6.23 Å². The number of hydrogen-bond donors (Lipinski definition) is 0. The summed E-state index contributed by atoms with van der Waals surface area (Å²) in [6.07, 6.45) is 8.31. The number of nitrogens with zero attached hydrogens (tertiary/aromatic N) is 4. The van der Waals surface area contributed by atoms with Gasteiger partial charge in [-0.2, -0.15) is 4.98 Å². The zero-order valence-corrected chi connectivity index (χ0v) is 17.7. The fraction of sp³-hybridized carbons (Fsp3) is 0.737. The SMILES string of the molecule is CCc1noc(N2CCC(CCCOC3CC=C(S(C)(=O)=O)C(C)=N3)CC2)n1. The molecule has 1 atom stereocenters. The van der Waals surface area contributed by atoms with Gasteiger partial charge in [0, 0.05) is 38.8 Å². The number of ether oxygens (including phenoxy) is 1. The Morgan fingerprint density at radius 3 is 2.68 bits per heavy atom. The Hall–Kier alpha value is -1.74. The Morgan fingerprint density at radius 2 is 2.07 bits per heavy atom. The second-order valence-electron chi connectivity index (χ2n) is 7.54. The van der Waals surface area contributed by atoms with Gasteiger partial charge in [-0.25, -0.2) is 8.42 Å².